The maximum Gasteiger partial charge on any atom is 0.123 e. The lowest BCUT2D eigenvalue weighted by Crippen LogP contribution is -2.31. The van der Waals surface area contributed by atoms with Gasteiger partial charge < -0.3 is 10.1 Å². The maximum atomic E-state index is 9.19. The molecule has 0 bridgehead atoms. The van der Waals surface area contributed by atoms with Gasteiger partial charge in [0.1, 0.15) is 5.75 Å². The smallest absolute Gasteiger partial charge is 0.123 e. The molecule has 3 nitrogen and oxygen atoms in total. The van der Waals surface area contributed by atoms with Crippen LogP contribution in [0.4, 0.5) is 0 Å². The molecule has 3 rings (SSSR count). The van der Waals surface area contributed by atoms with Crippen molar-refractivity contribution in [2.75, 3.05) is 7.11 Å². The number of hydrogen-bond donors (Lipinski definition) is 1. The van der Waals surface area contributed by atoms with Crippen molar-refractivity contribution >= 4 is 10.8 Å². The first-order chi connectivity index (χ1) is 10.3. The molecule has 108 valence electrons. The highest BCUT2D eigenvalue weighted by atomic mass is 16.5. The summed E-state index contributed by atoms with van der Waals surface area (Å²) in [6.07, 6.45) is 3.24. The van der Waals surface area contributed by atoms with Crippen LogP contribution in [0.5, 0.6) is 5.75 Å². The molecule has 0 spiro atoms. The Balaban J connectivity index is 1.87. The van der Waals surface area contributed by atoms with Gasteiger partial charge in [0.05, 0.1) is 19.1 Å². The van der Waals surface area contributed by atoms with Crippen LogP contribution in [0, 0.1) is 17.2 Å². The van der Waals surface area contributed by atoms with Crippen molar-refractivity contribution < 1.29 is 4.74 Å². The van der Waals surface area contributed by atoms with Gasteiger partial charge in [0, 0.05) is 18.2 Å². The van der Waals surface area contributed by atoms with Crippen LogP contribution in [0.3, 0.4) is 0 Å². The van der Waals surface area contributed by atoms with Gasteiger partial charge in [-0.3, -0.25) is 0 Å². The highest BCUT2D eigenvalue weighted by Gasteiger charge is 2.26. The summed E-state index contributed by atoms with van der Waals surface area (Å²) < 4.78 is 5.52. The van der Waals surface area contributed by atoms with Crippen molar-refractivity contribution in [2.45, 2.75) is 31.8 Å². The van der Waals surface area contributed by atoms with Crippen LogP contribution >= 0.6 is 0 Å². The second-order valence-corrected chi connectivity index (χ2v) is 5.62. The number of fused-ring (bicyclic) bond motifs is 1. The SMILES string of the molecule is COc1ccc2ccccc2c1CNC1CCCC1C#N. The molecule has 0 aliphatic heterocycles. The number of nitriles is 1. The zero-order valence-corrected chi connectivity index (χ0v) is 12.3. The number of hydrogen-bond acceptors (Lipinski definition) is 3. The Labute approximate surface area is 125 Å². The van der Waals surface area contributed by atoms with Gasteiger partial charge in [0.2, 0.25) is 0 Å². The fourth-order valence-electron chi connectivity index (χ4n) is 3.28. The standard InChI is InChI=1S/C18H20N2O/c1-21-18-10-9-13-5-2-3-7-15(13)16(18)12-20-17-8-4-6-14(17)11-19/h2-3,5,7,9-10,14,17,20H,4,6,8,12H2,1H3. The highest BCUT2D eigenvalue weighted by Crippen LogP contribution is 2.30. The number of ether oxygens (including phenoxy) is 1. The summed E-state index contributed by atoms with van der Waals surface area (Å²) in [4.78, 5) is 0. The van der Waals surface area contributed by atoms with Crippen molar-refractivity contribution in [3.8, 4) is 11.8 Å². The average Bonchev–Trinajstić information content (AvgIpc) is 2.99. The Bertz CT molecular complexity index is 674. The lowest BCUT2D eigenvalue weighted by molar-refractivity contribution is 0.402. The van der Waals surface area contributed by atoms with E-state index in [1.807, 2.05) is 6.07 Å². The summed E-state index contributed by atoms with van der Waals surface area (Å²) in [5, 5.41) is 15.2. The molecule has 2 unspecified atom stereocenters. The van der Waals surface area contributed by atoms with E-state index in [1.54, 1.807) is 7.11 Å². The topological polar surface area (TPSA) is 45.0 Å². The van der Waals surface area contributed by atoms with Crippen molar-refractivity contribution in [3.05, 3.63) is 42.0 Å². The molecule has 0 heterocycles. The number of nitrogens with one attached hydrogen (secondary N) is 1. The lowest BCUT2D eigenvalue weighted by Gasteiger charge is -2.18. The minimum absolute atomic E-state index is 0.144. The van der Waals surface area contributed by atoms with Crippen molar-refractivity contribution in [3.63, 3.8) is 0 Å². The fourth-order valence-corrected chi connectivity index (χ4v) is 3.28. The van der Waals surface area contributed by atoms with Gasteiger partial charge in [0.15, 0.2) is 0 Å². The third-order valence-electron chi connectivity index (χ3n) is 4.44. The minimum atomic E-state index is 0.144. The summed E-state index contributed by atoms with van der Waals surface area (Å²) in [7, 11) is 1.71. The van der Waals surface area contributed by atoms with Gasteiger partial charge in [-0.25, -0.2) is 0 Å². The van der Waals surface area contributed by atoms with Gasteiger partial charge in [-0.05, 0) is 29.7 Å². The van der Waals surface area contributed by atoms with Crippen molar-refractivity contribution in [1.29, 1.82) is 5.26 Å². The van der Waals surface area contributed by atoms with Gasteiger partial charge >= 0.3 is 0 Å². The minimum Gasteiger partial charge on any atom is -0.496 e. The molecule has 1 aliphatic carbocycles. The zero-order valence-electron chi connectivity index (χ0n) is 12.3. The van der Waals surface area contributed by atoms with Gasteiger partial charge in [-0.1, -0.05) is 36.8 Å². The molecule has 3 heteroatoms. The number of methoxy groups -OCH3 is 1. The fraction of sp³-hybridized carbons (Fsp3) is 0.389. The molecule has 0 aromatic heterocycles. The Kier molecular flexibility index (Phi) is 4.08. The number of benzene rings is 2. The summed E-state index contributed by atoms with van der Waals surface area (Å²) in [5.74, 6) is 1.05. The second-order valence-electron chi connectivity index (χ2n) is 5.62. The first-order valence-corrected chi connectivity index (χ1v) is 7.51. The predicted molar refractivity (Wildman–Crippen MR) is 84.1 cm³/mol. The van der Waals surface area contributed by atoms with Crippen LogP contribution in [0.15, 0.2) is 36.4 Å². The van der Waals surface area contributed by atoms with Crippen LogP contribution in [0.25, 0.3) is 10.8 Å². The van der Waals surface area contributed by atoms with Crippen molar-refractivity contribution in [2.24, 2.45) is 5.92 Å². The summed E-state index contributed by atoms with van der Waals surface area (Å²) in [6, 6.07) is 15.2. The van der Waals surface area contributed by atoms with E-state index in [9.17, 15) is 5.26 Å². The molecular weight excluding hydrogens is 260 g/mol. The normalized spacial score (nSPS) is 21.3. The summed E-state index contributed by atoms with van der Waals surface area (Å²) in [6.45, 7) is 0.743. The molecule has 0 amide bonds. The van der Waals surface area contributed by atoms with Crippen LogP contribution in [-0.4, -0.2) is 13.2 Å². The average molecular weight is 280 g/mol. The molecular formula is C18H20N2O. The molecule has 1 N–H and O–H groups in total. The molecule has 21 heavy (non-hydrogen) atoms. The van der Waals surface area contributed by atoms with Crippen LogP contribution in [0.2, 0.25) is 0 Å². The quantitative estimate of drug-likeness (QED) is 0.930. The van der Waals surface area contributed by atoms with E-state index in [-0.39, 0.29) is 5.92 Å². The Morgan fingerprint density at radius 2 is 2.10 bits per heavy atom. The molecule has 2 aromatic carbocycles. The summed E-state index contributed by atoms with van der Waals surface area (Å²) >= 11 is 0. The molecule has 1 saturated carbocycles. The predicted octanol–water partition coefficient (Wildman–Crippen LogP) is 3.63. The first-order valence-electron chi connectivity index (χ1n) is 7.51. The molecule has 0 radical (unpaired) electrons. The number of rotatable bonds is 4. The zero-order chi connectivity index (χ0) is 14.7. The third-order valence-corrected chi connectivity index (χ3v) is 4.44. The van der Waals surface area contributed by atoms with E-state index in [0.29, 0.717) is 6.04 Å². The van der Waals surface area contributed by atoms with Gasteiger partial charge in [0.25, 0.3) is 0 Å². The molecule has 2 aromatic rings. The Morgan fingerprint density at radius 3 is 2.90 bits per heavy atom. The van der Waals surface area contributed by atoms with E-state index in [1.165, 1.54) is 16.3 Å². The van der Waals surface area contributed by atoms with Crippen molar-refractivity contribution in [1.82, 2.24) is 5.32 Å². The van der Waals surface area contributed by atoms with E-state index >= 15 is 0 Å². The monoisotopic (exact) mass is 280 g/mol. The van der Waals surface area contributed by atoms with E-state index in [2.05, 4.69) is 41.7 Å². The van der Waals surface area contributed by atoms with Crippen LogP contribution in [-0.2, 0) is 6.54 Å². The Hall–Kier alpha value is -2.05. The molecule has 1 aliphatic rings. The maximum absolute atomic E-state index is 9.19. The highest BCUT2D eigenvalue weighted by molar-refractivity contribution is 5.87. The summed E-state index contributed by atoms with van der Waals surface area (Å²) in [5.41, 5.74) is 1.18. The Morgan fingerprint density at radius 1 is 1.24 bits per heavy atom. The largest absolute Gasteiger partial charge is 0.496 e. The first kappa shape index (κ1) is 13.9. The van der Waals surface area contributed by atoms with E-state index < -0.39 is 0 Å². The molecule has 2 atom stereocenters. The van der Waals surface area contributed by atoms with E-state index in [0.717, 1.165) is 31.6 Å². The van der Waals surface area contributed by atoms with Crippen LogP contribution in [0.1, 0.15) is 24.8 Å². The van der Waals surface area contributed by atoms with Crippen LogP contribution < -0.4 is 10.1 Å². The van der Waals surface area contributed by atoms with Gasteiger partial charge in [-0.2, -0.15) is 5.26 Å². The molecule has 0 saturated heterocycles. The number of nitrogens with zero attached hydrogens (tertiary/aromatic N) is 1. The second kappa shape index (κ2) is 6.15. The lowest BCUT2D eigenvalue weighted by atomic mass is 10.0. The van der Waals surface area contributed by atoms with E-state index in [4.69, 9.17) is 4.74 Å². The van der Waals surface area contributed by atoms with Gasteiger partial charge in [-0.15, -0.1) is 0 Å². The molecule has 1 fully saturated rings. The third kappa shape index (κ3) is 2.72.